The van der Waals surface area contributed by atoms with Gasteiger partial charge in [0, 0.05) is 0 Å². The Labute approximate surface area is 92.8 Å². The van der Waals surface area contributed by atoms with Crippen LogP contribution < -0.4 is 10.6 Å². The van der Waals surface area contributed by atoms with Crippen LogP contribution >= 0.6 is 11.6 Å². The Morgan fingerprint density at radius 1 is 1.53 bits per heavy atom. The molecule has 78 valence electrons. The number of para-hydroxylation sites is 1. The average Bonchev–Trinajstić information content (AvgIpc) is 2.21. The topological polar surface area (TPSA) is 64.9 Å². The summed E-state index contributed by atoms with van der Waals surface area (Å²) in [6, 6.07) is 7.79. The van der Waals surface area contributed by atoms with Gasteiger partial charge in [0.25, 0.3) is 0 Å². The van der Waals surface area contributed by atoms with Crippen molar-refractivity contribution in [3.05, 3.63) is 29.3 Å². The van der Waals surface area contributed by atoms with Gasteiger partial charge in [0.15, 0.2) is 0 Å². The molecule has 0 aliphatic rings. The molecule has 1 unspecified atom stereocenters. The van der Waals surface area contributed by atoms with Crippen LogP contribution in [-0.2, 0) is 0 Å². The molecule has 5 heteroatoms. The van der Waals surface area contributed by atoms with Crippen LogP contribution in [0.3, 0.4) is 0 Å². The summed E-state index contributed by atoms with van der Waals surface area (Å²) in [6.07, 6.45) is 0. The molecule has 0 heterocycles. The van der Waals surface area contributed by atoms with Crippen molar-refractivity contribution in [2.75, 3.05) is 5.32 Å². The van der Waals surface area contributed by atoms with E-state index in [0.29, 0.717) is 10.7 Å². The van der Waals surface area contributed by atoms with Gasteiger partial charge in [-0.05, 0) is 19.1 Å². The second kappa shape index (κ2) is 5.23. The van der Waals surface area contributed by atoms with E-state index in [2.05, 4.69) is 10.6 Å². The first kappa shape index (κ1) is 11.3. The molecule has 0 aromatic heterocycles. The quantitative estimate of drug-likeness (QED) is 0.809. The molecule has 0 spiro atoms. The molecular weight excluding hydrogens is 214 g/mol. The minimum Gasteiger partial charge on any atom is -0.322 e. The van der Waals surface area contributed by atoms with Crippen LogP contribution in [0.25, 0.3) is 0 Å². The van der Waals surface area contributed by atoms with Crippen LogP contribution in [0.4, 0.5) is 10.5 Å². The van der Waals surface area contributed by atoms with Crippen LogP contribution in [0, 0.1) is 11.3 Å². The third kappa shape index (κ3) is 3.49. The molecule has 15 heavy (non-hydrogen) atoms. The molecule has 2 N–H and O–H groups in total. The molecule has 0 saturated carbocycles. The van der Waals surface area contributed by atoms with E-state index >= 15 is 0 Å². The van der Waals surface area contributed by atoms with Gasteiger partial charge >= 0.3 is 6.03 Å². The van der Waals surface area contributed by atoms with Gasteiger partial charge in [-0.15, -0.1) is 0 Å². The lowest BCUT2D eigenvalue weighted by molar-refractivity contribution is 0.251. The highest BCUT2D eigenvalue weighted by Gasteiger charge is 2.07. The molecule has 0 aliphatic carbocycles. The number of carbonyl (C=O) groups is 1. The summed E-state index contributed by atoms with van der Waals surface area (Å²) in [6.45, 7) is 1.59. The lowest BCUT2D eigenvalue weighted by Gasteiger charge is -2.09. The van der Waals surface area contributed by atoms with E-state index in [4.69, 9.17) is 16.9 Å². The molecule has 0 bridgehead atoms. The summed E-state index contributed by atoms with van der Waals surface area (Å²) in [5.41, 5.74) is 0.516. The number of nitriles is 1. The number of hydrogen-bond acceptors (Lipinski definition) is 2. The summed E-state index contributed by atoms with van der Waals surface area (Å²) < 4.78 is 0. The number of nitrogens with one attached hydrogen (secondary N) is 2. The Hall–Kier alpha value is -1.73. The smallest absolute Gasteiger partial charge is 0.320 e. The van der Waals surface area contributed by atoms with Crippen molar-refractivity contribution in [1.82, 2.24) is 5.32 Å². The molecule has 2 amide bonds. The zero-order valence-corrected chi connectivity index (χ0v) is 8.88. The van der Waals surface area contributed by atoms with Gasteiger partial charge in [-0.1, -0.05) is 23.7 Å². The standard InChI is InChI=1S/C10H10ClN3O/c1-7(6-12)13-10(15)14-9-5-3-2-4-8(9)11/h2-5,7H,1H3,(H2,13,14,15). The zero-order chi connectivity index (χ0) is 11.3. The lowest BCUT2D eigenvalue weighted by Crippen LogP contribution is -2.35. The van der Waals surface area contributed by atoms with E-state index in [1.807, 2.05) is 6.07 Å². The third-order valence-electron chi connectivity index (χ3n) is 1.66. The number of halogens is 1. The first-order valence-electron chi connectivity index (χ1n) is 4.35. The van der Waals surface area contributed by atoms with Crippen LogP contribution in [0.1, 0.15) is 6.92 Å². The Kier molecular flexibility index (Phi) is 3.95. The maximum atomic E-state index is 11.3. The van der Waals surface area contributed by atoms with E-state index in [1.165, 1.54) is 0 Å². The lowest BCUT2D eigenvalue weighted by atomic mass is 10.3. The van der Waals surface area contributed by atoms with Crippen LogP contribution in [0.15, 0.2) is 24.3 Å². The molecule has 0 fully saturated rings. The second-order valence-corrected chi connectivity index (χ2v) is 3.34. The van der Waals surface area contributed by atoms with Gasteiger partial charge in [0.1, 0.15) is 6.04 Å². The molecule has 1 atom stereocenters. The minimum absolute atomic E-state index is 0.447. The van der Waals surface area contributed by atoms with Crippen molar-refractivity contribution >= 4 is 23.3 Å². The Morgan fingerprint density at radius 2 is 2.20 bits per heavy atom. The summed E-state index contributed by atoms with van der Waals surface area (Å²) in [4.78, 5) is 11.3. The predicted octanol–water partition coefficient (Wildman–Crippen LogP) is 2.37. The van der Waals surface area contributed by atoms with E-state index in [1.54, 1.807) is 31.2 Å². The summed E-state index contributed by atoms with van der Waals surface area (Å²) in [7, 11) is 0. The van der Waals surface area contributed by atoms with Crippen molar-refractivity contribution in [3.63, 3.8) is 0 Å². The monoisotopic (exact) mass is 223 g/mol. The summed E-state index contributed by atoms with van der Waals surface area (Å²) >= 11 is 5.83. The Bertz CT molecular complexity index is 400. The van der Waals surface area contributed by atoms with Gasteiger partial charge in [-0.3, -0.25) is 0 Å². The van der Waals surface area contributed by atoms with E-state index in [9.17, 15) is 4.79 Å². The van der Waals surface area contributed by atoms with Crippen molar-refractivity contribution < 1.29 is 4.79 Å². The SMILES string of the molecule is CC(C#N)NC(=O)Nc1ccccc1Cl. The van der Waals surface area contributed by atoms with E-state index < -0.39 is 12.1 Å². The molecule has 1 aromatic carbocycles. The number of amides is 2. The molecule has 0 radical (unpaired) electrons. The van der Waals surface area contributed by atoms with Gasteiger partial charge in [0.2, 0.25) is 0 Å². The maximum absolute atomic E-state index is 11.3. The first-order chi connectivity index (χ1) is 7.13. The first-order valence-corrected chi connectivity index (χ1v) is 4.73. The van der Waals surface area contributed by atoms with Crippen molar-refractivity contribution in [1.29, 1.82) is 5.26 Å². The van der Waals surface area contributed by atoms with Crippen LogP contribution in [0.2, 0.25) is 5.02 Å². The van der Waals surface area contributed by atoms with Gasteiger partial charge < -0.3 is 10.6 Å². The number of nitrogens with zero attached hydrogens (tertiary/aromatic N) is 1. The number of hydrogen-bond donors (Lipinski definition) is 2. The fraction of sp³-hybridized carbons (Fsp3) is 0.200. The fourth-order valence-electron chi connectivity index (χ4n) is 0.950. The van der Waals surface area contributed by atoms with Gasteiger partial charge in [-0.25, -0.2) is 4.79 Å². The Balaban J connectivity index is 2.60. The van der Waals surface area contributed by atoms with Crippen molar-refractivity contribution in [3.8, 4) is 6.07 Å². The summed E-state index contributed by atoms with van der Waals surface area (Å²) in [5, 5.41) is 13.9. The van der Waals surface area contributed by atoms with E-state index in [0.717, 1.165) is 0 Å². The van der Waals surface area contributed by atoms with E-state index in [-0.39, 0.29) is 0 Å². The predicted molar refractivity (Wildman–Crippen MR) is 58.7 cm³/mol. The number of anilines is 1. The number of urea groups is 1. The highest BCUT2D eigenvalue weighted by Crippen LogP contribution is 2.19. The zero-order valence-electron chi connectivity index (χ0n) is 8.12. The maximum Gasteiger partial charge on any atom is 0.320 e. The largest absolute Gasteiger partial charge is 0.322 e. The average molecular weight is 224 g/mol. The Morgan fingerprint density at radius 3 is 2.80 bits per heavy atom. The minimum atomic E-state index is -0.535. The normalized spacial score (nSPS) is 11.3. The van der Waals surface area contributed by atoms with Gasteiger partial charge in [-0.2, -0.15) is 5.26 Å². The number of carbonyl (C=O) groups excluding carboxylic acids is 1. The molecule has 1 aromatic rings. The fourth-order valence-corrected chi connectivity index (χ4v) is 1.13. The van der Waals surface area contributed by atoms with Crippen LogP contribution in [0.5, 0.6) is 0 Å². The third-order valence-corrected chi connectivity index (χ3v) is 1.99. The second-order valence-electron chi connectivity index (χ2n) is 2.93. The van der Waals surface area contributed by atoms with Crippen molar-refractivity contribution in [2.24, 2.45) is 0 Å². The molecule has 0 saturated heterocycles. The molecular formula is C10H10ClN3O. The molecule has 0 aliphatic heterocycles. The molecule has 4 nitrogen and oxygen atoms in total. The highest BCUT2D eigenvalue weighted by atomic mass is 35.5. The highest BCUT2D eigenvalue weighted by molar-refractivity contribution is 6.33. The van der Waals surface area contributed by atoms with Gasteiger partial charge in [0.05, 0.1) is 16.8 Å². The van der Waals surface area contributed by atoms with Crippen LogP contribution in [-0.4, -0.2) is 12.1 Å². The van der Waals surface area contributed by atoms with Crippen molar-refractivity contribution in [2.45, 2.75) is 13.0 Å². The number of benzene rings is 1. The number of rotatable bonds is 2. The summed E-state index contributed by atoms with van der Waals surface area (Å²) in [5.74, 6) is 0. The molecule has 1 rings (SSSR count).